The summed E-state index contributed by atoms with van der Waals surface area (Å²) in [7, 11) is 1.68. The highest BCUT2D eigenvalue weighted by Gasteiger charge is 2.29. The first-order valence-electron chi connectivity index (χ1n) is 7.01. The summed E-state index contributed by atoms with van der Waals surface area (Å²) in [6.07, 6.45) is 5.96. The summed E-state index contributed by atoms with van der Waals surface area (Å²) >= 11 is 3.50. The molecule has 0 aliphatic heterocycles. The summed E-state index contributed by atoms with van der Waals surface area (Å²) in [6.45, 7) is 3.58. The minimum absolute atomic E-state index is 0.352. The molecule has 108 valence electrons. The average Bonchev–Trinajstić information content (AvgIpc) is 2.77. The molecule has 1 N–H and O–H groups in total. The molecule has 1 aliphatic carbocycles. The molecule has 1 unspecified atom stereocenters. The van der Waals surface area contributed by atoms with E-state index in [1.165, 1.54) is 12.8 Å². The first-order chi connectivity index (χ1) is 9.13. The van der Waals surface area contributed by atoms with Crippen molar-refractivity contribution in [3.8, 4) is 0 Å². The lowest BCUT2D eigenvalue weighted by molar-refractivity contribution is 0.0657. The third kappa shape index (κ3) is 3.58. The Morgan fingerprint density at radius 2 is 2.16 bits per heavy atom. The van der Waals surface area contributed by atoms with Crippen LogP contribution < -0.4 is 0 Å². The molecule has 1 aromatic heterocycles. The van der Waals surface area contributed by atoms with Crippen LogP contribution in [0, 0.1) is 11.8 Å². The van der Waals surface area contributed by atoms with Crippen molar-refractivity contribution in [1.82, 2.24) is 9.78 Å². The SMILES string of the molecule is COCCn1ncc(Br)c1C(O)C1CCC(C)CC1. The molecule has 2 rings (SSSR count). The Balaban J connectivity index is 2.09. The van der Waals surface area contributed by atoms with E-state index < -0.39 is 6.10 Å². The van der Waals surface area contributed by atoms with E-state index in [1.807, 2.05) is 4.68 Å². The maximum absolute atomic E-state index is 10.6. The second-order valence-corrected chi connectivity index (χ2v) is 6.41. The van der Waals surface area contributed by atoms with E-state index in [1.54, 1.807) is 13.3 Å². The normalized spacial score (nSPS) is 25.5. The quantitative estimate of drug-likeness (QED) is 0.902. The number of halogens is 1. The van der Waals surface area contributed by atoms with Gasteiger partial charge in [-0.25, -0.2) is 0 Å². The van der Waals surface area contributed by atoms with Crippen molar-refractivity contribution >= 4 is 15.9 Å². The fourth-order valence-electron chi connectivity index (χ4n) is 2.85. The number of nitrogens with zero attached hydrogens (tertiary/aromatic N) is 2. The van der Waals surface area contributed by atoms with Gasteiger partial charge in [0.05, 0.1) is 35.6 Å². The summed E-state index contributed by atoms with van der Waals surface area (Å²) in [5.41, 5.74) is 0.900. The zero-order valence-corrected chi connectivity index (χ0v) is 13.3. The molecular weight excluding hydrogens is 308 g/mol. The summed E-state index contributed by atoms with van der Waals surface area (Å²) in [5.74, 6) is 1.15. The largest absolute Gasteiger partial charge is 0.386 e. The van der Waals surface area contributed by atoms with Crippen LogP contribution in [0.3, 0.4) is 0 Å². The van der Waals surface area contributed by atoms with E-state index in [0.717, 1.165) is 28.9 Å². The van der Waals surface area contributed by atoms with Gasteiger partial charge in [-0.3, -0.25) is 4.68 Å². The molecule has 0 bridgehead atoms. The molecule has 1 aliphatic rings. The fourth-order valence-corrected chi connectivity index (χ4v) is 3.38. The van der Waals surface area contributed by atoms with Crippen LogP contribution in [0.2, 0.25) is 0 Å². The second-order valence-electron chi connectivity index (χ2n) is 5.56. The lowest BCUT2D eigenvalue weighted by Crippen LogP contribution is -2.22. The van der Waals surface area contributed by atoms with Crippen LogP contribution in [-0.2, 0) is 11.3 Å². The van der Waals surface area contributed by atoms with E-state index in [2.05, 4.69) is 28.0 Å². The minimum atomic E-state index is -0.429. The van der Waals surface area contributed by atoms with Crippen LogP contribution in [0.15, 0.2) is 10.7 Å². The highest BCUT2D eigenvalue weighted by Crippen LogP contribution is 2.38. The van der Waals surface area contributed by atoms with Crippen molar-refractivity contribution < 1.29 is 9.84 Å². The van der Waals surface area contributed by atoms with Crippen molar-refractivity contribution in [2.45, 2.75) is 45.3 Å². The molecule has 5 heteroatoms. The van der Waals surface area contributed by atoms with Gasteiger partial charge in [0.15, 0.2) is 0 Å². The lowest BCUT2D eigenvalue weighted by Gasteiger charge is -2.30. The average molecular weight is 331 g/mol. The maximum atomic E-state index is 10.6. The number of rotatable bonds is 5. The molecule has 0 aromatic carbocycles. The number of aliphatic hydroxyl groups is 1. The number of ether oxygens (including phenoxy) is 1. The molecule has 1 saturated carbocycles. The van der Waals surface area contributed by atoms with Crippen molar-refractivity contribution in [3.63, 3.8) is 0 Å². The monoisotopic (exact) mass is 330 g/mol. The third-order valence-electron chi connectivity index (χ3n) is 4.13. The van der Waals surface area contributed by atoms with Crippen LogP contribution in [0.1, 0.15) is 44.4 Å². The van der Waals surface area contributed by atoms with Gasteiger partial charge in [-0.2, -0.15) is 5.10 Å². The summed E-state index contributed by atoms with van der Waals surface area (Å²) < 4.78 is 7.85. The van der Waals surface area contributed by atoms with Gasteiger partial charge in [0.25, 0.3) is 0 Å². The Labute approximate surface area is 123 Å². The van der Waals surface area contributed by atoms with Gasteiger partial charge in [-0.15, -0.1) is 0 Å². The first kappa shape index (κ1) is 15.0. The molecular formula is C14H23BrN2O2. The standard InChI is InChI=1S/C14H23BrN2O2/c1-10-3-5-11(6-4-10)14(18)13-12(15)9-16-17(13)7-8-19-2/h9-11,14,18H,3-8H2,1-2H3. The molecule has 1 aromatic rings. The zero-order chi connectivity index (χ0) is 13.8. The van der Waals surface area contributed by atoms with Gasteiger partial charge in [0.2, 0.25) is 0 Å². The maximum Gasteiger partial charge on any atom is 0.0996 e. The first-order valence-corrected chi connectivity index (χ1v) is 7.81. The predicted molar refractivity (Wildman–Crippen MR) is 77.9 cm³/mol. The molecule has 1 heterocycles. The number of hydrogen-bond donors (Lipinski definition) is 1. The number of aliphatic hydroxyl groups excluding tert-OH is 1. The van der Waals surface area contributed by atoms with Crippen LogP contribution in [0.5, 0.6) is 0 Å². The van der Waals surface area contributed by atoms with Gasteiger partial charge < -0.3 is 9.84 Å². The highest BCUT2D eigenvalue weighted by molar-refractivity contribution is 9.10. The Kier molecular flexibility index (Phi) is 5.42. The Bertz CT molecular complexity index is 400. The number of aromatic nitrogens is 2. The van der Waals surface area contributed by atoms with Crippen molar-refractivity contribution in [2.75, 3.05) is 13.7 Å². The van der Waals surface area contributed by atoms with E-state index in [9.17, 15) is 5.11 Å². The molecule has 0 amide bonds. The lowest BCUT2D eigenvalue weighted by atomic mass is 9.79. The van der Waals surface area contributed by atoms with E-state index in [-0.39, 0.29) is 0 Å². The Hall–Kier alpha value is -0.390. The number of hydrogen-bond acceptors (Lipinski definition) is 3. The summed E-state index contributed by atoms with van der Waals surface area (Å²) in [4.78, 5) is 0. The zero-order valence-electron chi connectivity index (χ0n) is 11.7. The van der Waals surface area contributed by atoms with E-state index in [4.69, 9.17) is 4.74 Å². The molecule has 1 fully saturated rings. The second kappa shape index (κ2) is 6.86. The third-order valence-corrected chi connectivity index (χ3v) is 4.74. The predicted octanol–water partition coefficient (Wildman–Crippen LogP) is 3.15. The summed E-state index contributed by atoms with van der Waals surface area (Å²) in [6, 6.07) is 0. The van der Waals surface area contributed by atoms with Crippen molar-refractivity contribution in [1.29, 1.82) is 0 Å². The summed E-state index contributed by atoms with van der Waals surface area (Å²) in [5, 5.41) is 15.0. The fraction of sp³-hybridized carbons (Fsp3) is 0.786. The van der Waals surface area contributed by atoms with Crippen molar-refractivity contribution in [3.05, 3.63) is 16.4 Å². The van der Waals surface area contributed by atoms with Gasteiger partial charge in [-0.05, 0) is 40.6 Å². The smallest absolute Gasteiger partial charge is 0.0996 e. The Morgan fingerprint density at radius 3 is 2.79 bits per heavy atom. The van der Waals surface area contributed by atoms with Gasteiger partial charge in [-0.1, -0.05) is 19.8 Å². The number of methoxy groups -OCH3 is 1. The minimum Gasteiger partial charge on any atom is -0.386 e. The van der Waals surface area contributed by atoms with Gasteiger partial charge in [0.1, 0.15) is 0 Å². The molecule has 4 nitrogen and oxygen atoms in total. The van der Waals surface area contributed by atoms with Crippen LogP contribution >= 0.6 is 15.9 Å². The van der Waals surface area contributed by atoms with Gasteiger partial charge in [0, 0.05) is 7.11 Å². The molecule has 0 radical (unpaired) electrons. The molecule has 19 heavy (non-hydrogen) atoms. The van der Waals surface area contributed by atoms with Crippen LogP contribution in [0.25, 0.3) is 0 Å². The van der Waals surface area contributed by atoms with E-state index >= 15 is 0 Å². The van der Waals surface area contributed by atoms with Crippen LogP contribution in [0.4, 0.5) is 0 Å². The highest BCUT2D eigenvalue weighted by atomic mass is 79.9. The molecule has 1 atom stereocenters. The van der Waals surface area contributed by atoms with Crippen LogP contribution in [-0.4, -0.2) is 28.6 Å². The van der Waals surface area contributed by atoms with E-state index in [0.29, 0.717) is 19.1 Å². The van der Waals surface area contributed by atoms with Gasteiger partial charge >= 0.3 is 0 Å². The Morgan fingerprint density at radius 1 is 1.47 bits per heavy atom. The molecule has 0 saturated heterocycles. The molecule has 0 spiro atoms. The topological polar surface area (TPSA) is 47.3 Å². The van der Waals surface area contributed by atoms with Crippen molar-refractivity contribution in [2.24, 2.45) is 11.8 Å².